The lowest BCUT2D eigenvalue weighted by Gasteiger charge is -2.36. The summed E-state index contributed by atoms with van der Waals surface area (Å²) in [5.41, 5.74) is 5.38. The predicted octanol–water partition coefficient (Wildman–Crippen LogP) is 3.12. The average Bonchev–Trinajstić information content (AvgIpc) is 3.18. The molecule has 17 heteroatoms. The fraction of sp³-hybridized carbons (Fsp3) is 0.707. The lowest BCUT2D eigenvalue weighted by atomic mass is 9.83. The number of unbranched alkanes of at least 4 members (excludes halogenated alkanes) is 3. The van der Waals surface area contributed by atoms with E-state index in [1.165, 1.54) is 31.0 Å². The van der Waals surface area contributed by atoms with E-state index in [1.54, 1.807) is 0 Å². The lowest BCUT2D eigenvalue weighted by Crippen LogP contribution is -2.62. The Morgan fingerprint density at radius 1 is 0.879 bits per heavy atom. The summed E-state index contributed by atoms with van der Waals surface area (Å²) >= 11 is 0. The van der Waals surface area contributed by atoms with Gasteiger partial charge in [-0.2, -0.15) is 13.2 Å². The van der Waals surface area contributed by atoms with E-state index in [0.717, 1.165) is 50.7 Å². The van der Waals surface area contributed by atoms with Crippen molar-refractivity contribution in [3.63, 3.8) is 0 Å². The second-order valence-corrected chi connectivity index (χ2v) is 16.1. The molecule has 1 saturated carbocycles. The molecule has 3 rings (SSSR count). The van der Waals surface area contributed by atoms with Crippen molar-refractivity contribution in [1.82, 2.24) is 26.2 Å². The SMILES string of the molecule is CCCCCC[C@H]1OC(=O)CNC(=O)[C@H](C(C)O)NC(=O)[C@H](CN)NC(=O)[C@H](C2CCCCC2)NC(=O)[C@H](CC(C)C)N(C)C(=O)[C@@H]1Cc1ccc(C(F)(F)F)cc1. The van der Waals surface area contributed by atoms with Gasteiger partial charge in [0.05, 0.1) is 17.6 Å². The zero-order chi connectivity index (χ0) is 43.2. The highest BCUT2D eigenvalue weighted by Gasteiger charge is 2.41. The zero-order valence-electron chi connectivity index (χ0n) is 34.4. The van der Waals surface area contributed by atoms with Gasteiger partial charge in [0.15, 0.2) is 0 Å². The van der Waals surface area contributed by atoms with Gasteiger partial charge in [-0.05, 0) is 75.0 Å². The van der Waals surface area contributed by atoms with Crippen LogP contribution in [0.2, 0.25) is 0 Å². The summed E-state index contributed by atoms with van der Waals surface area (Å²) in [6.07, 6.45) is -0.281. The molecule has 0 spiro atoms. The van der Waals surface area contributed by atoms with Gasteiger partial charge in [-0.15, -0.1) is 0 Å². The Morgan fingerprint density at radius 3 is 2.10 bits per heavy atom. The Balaban J connectivity index is 2.17. The van der Waals surface area contributed by atoms with Crippen LogP contribution in [-0.2, 0) is 46.1 Å². The number of hydrogen-bond donors (Lipinski definition) is 6. The summed E-state index contributed by atoms with van der Waals surface area (Å²) in [6, 6.07) is -0.873. The van der Waals surface area contributed by atoms with Crippen LogP contribution >= 0.6 is 0 Å². The van der Waals surface area contributed by atoms with Crippen LogP contribution in [0.25, 0.3) is 0 Å². The number of amides is 5. The molecule has 1 aromatic rings. The van der Waals surface area contributed by atoms with Crippen LogP contribution < -0.4 is 27.0 Å². The number of esters is 1. The third-order valence-electron chi connectivity index (χ3n) is 11.0. The quantitative estimate of drug-likeness (QED) is 0.135. The van der Waals surface area contributed by atoms with Crippen LogP contribution in [-0.4, -0.2) is 102 Å². The lowest BCUT2D eigenvalue weighted by molar-refractivity contribution is -0.158. The number of halogens is 3. The molecule has 14 nitrogen and oxygen atoms in total. The fourth-order valence-corrected chi connectivity index (χ4v) is 7.63. The summed E-state index contributed by atoms with van der Waals surface area (Å²) in [5, 5.41) is 20.7. The molecule has 1 saturated heterocycles. The van der Waals surface area contributed by atoms with E-state index in [2.05, 4.69) is 21.3 Å². The van der Waals surface area contributed by atoms with Gasteiger partial charge in [-0.1, -0.05) is 71.4 Å². The van der Waals surface area contributed by atoms with Gasteiger partial charge in [-0.25, -0.2) is 0 Å². The van der Waals surface area contributed by atoms with Gasteiger partial charge in [0, 0.05) is 13.6 Å². The summed E-state index contributed by atoms with van der Waals surface area (Å²) < 4.78 is 46.4. The number of benzene rings is 1. The molecule has 7 N–H and O–H groups in total. The Labute approximate surface area is 339 Å². The monoisotopic (exact) mass is 824 g/mol. The molecule has 1 aliphatic heterocycles. The minimum absolute atomic E-state index is 0.124. The van der Waals surface area contributed by atoms with E-state index in [-0.39, 0.29) is 31.1 Å². The first kappa shape index (κ1) is 48.1. The molecule has 326 valence electrons. The molecule has 1 aliphatic carbocycles. The van der Waals surface area contributed by atoms with Crippen molar-refractivity contribution < 1.29 is 51.8 Å². The van der Waals surface area contributed by atoms with E-state index >= 15 is 0 Å². The molecular weight excluding hydrogens is 761 g/mol. The first-order valence-corrected chi connectivity index (χ1v) is 20.6. The number of ether oxygens (including phenoxy) is 1. The van der Waals surface area contributed by atoms with Crippen molar-refractivity contribution in [3.8, 4) is 0 Å². The topological polar surface area (TPSA) is 209 Å². The van der Waals surface area contributed by atoms with Crippen molar-refractivity contribution in [2.24, 2.45) is 23.5 Å². The molecule has 2 aliphatic rings. The van der Waals surface area contributed by atoms with Gasteiger partial charge >= 0.3 is 12.1 Å². The molecular formula is C41H63F3N6O8. The Hall–Kier alpha value is -4.25. The van der Waals surface area contributed by atoms with E-state index in [1.807, 2.05) is 20.8 Å². The minimum atomic E-state index is -4.60. The molecule has 1 heterocycles. The number of alkyl halides is 3. The highest BCUT2D eigenvalue weighted by Crippen LogP contribution is 2.31. The van der Waals surface area contributed by atoms with Crippen molar-refractivity contribution in [1.29, 1.82) is 0 Å². The first-order chi connectivity index (χ1) is 27.4. The molecule has 0 bridgehead atoms. The maximum atomic E-state index is 14.8. The molecule has 1 aromatic carbocycles. The second kappa shape index (κ2) is 22.8. The highest BCUT2D eigenvalue weighted by molar-refractivity contribution is 5.96. The van der Waals surface area contributed by atoms with Crippen molar-refractivity contribution in [2.75, 3.05) is 20.1 Å². The standard InChI is InChI=1S/C41H63F3N6O8/c1-6-7-8-12-15-32-29(21-26-16-18-28(19-17-26)41(42,43)44)40(57)50(5)31(20-24(2)3)37(54)49-35(27-13-10-9-11-14-27)39(56)47-30(22-45)36(53)48-34(25(4)51)38(55)46-23-33(52)58-32/h16-19,24-25,27,29-32,34-35,51H,6-15,20-23,45H2,1-5H3,(H,46,55)(H,47,56)(H,48,53)(H,49,54)/t25?,29-,30+,31+,32-,34+,35+/m1/s1. The minimum Gasteiger partial charge on any atom is -0.460 e. The molecule has 2 fully saturated rings. The van der Waals surface area contributed by atoms with E-state index < -0.39 is 103 Å². The summed E-state index contributed by atoms with van der Waals surface area (Å²) in [6.45, 7) is 5.87. The molecule has 5 amide bonds. The molecule has 0 radical (unpaired) electrons. The second-order valence-electron chi connectivity index (χ2n) is 16.1. The number of cyclic esters (lactones) is 1. The summed E-state index contributed by atoms with van der Waals surface area (Å²) in [7, 11) is 1.44. The van der Waals surface area contributed by atoms with Crippen molar-refractivity contribution >= 4 is 35.5 Å². The number of nitrogens with zero attached hydrogens (tertiary/aromatic N) is 1. The molecule has 7 atom stereocenters. The third kappa shape index (κ3) is 14.2. The van der Waals surface area contributed by atoms with E-state index in [0.29, 0.717) is 24.8 Å². The number of rotatable bonds is 12. The number of likely N-dealkylation sites (N-methyl/N-ethyl adjacent to an activating group) is 1. The number of nitrogens with two attached hydrogens (primary N) is 1. The first-order valence-electron chi connectivity index (χ1n) is 20.6. The van der Waals surface area contributed by atoms with E-state index in [4.69, 9.17) is 10.5 Å². The molecule has 58 heavy (non-hydrogen) atoms. The van der Waals surface area contributed by atoms with Crippen LogP contribution in [0, 0.1) is 17.8 Å². The number of carbonyl (C=O) groups is 6. The van der Waals surface area contributed by atoms with Gasteiger partial charge in [0.25, 0.3) is 0 Å². The zero-order valence-corrected chi connectivity index (χ0v) is 34.4. The number of aliphatic hydroxyl groups excluding tert-OH is 1. The highest BCUT2D eigenvalue weighted by atomic mass is 19.4. The van der Waals surface area contributed by atoms with Crippen LogP contribution in [0.15, 0.2) is 24.3 Å². The number of hydrogen-bond acceptors (Lipinski definition) is 9. The Bertz CT molecular complexity index is 1540. The van der Waals surface area contributed by atoms with E-state index in [9.17, 15) is 47.0 Å². The average molecular weight is 825 g/mol. The van der Waals surface area contributed by atoms with Crippen LogP contribution in [0.5, 0.6) is 0 Å². The summed E-state index contributed by atoms with van der Waals surface area (Å²) in [5.74, 6) is -6.32. The fourth-order valence-electron chi connectivity index (χ4n) is 7.63. The van der Waals surface area contributed by atoms with Gasteiger partial charge in [0.2, 0.25) is 29.5 Å². The predicted molar refractivity (Wildman–Crippen MR) is 209 cm³/mol. The van der Waals surface area contributed by atoms with Crippen LogP contribution in [0.4, 0.5) is 13.2 Å². The van der Waals surface area contributed by atoms with Gasteiger partial charge < -0.3 is 41.7 Å². The maximum absolute atomic E-state index is 14.8. The summed E-state index contributed by atoms with van der Waals surface area (Å²) in [4.78, 5) is 84.7. The van der Waals surface area contributed by atoms with Gasteiger partial charge in [0.1, 0.15) is 36.8 Å². The van der Waals surface area contributed by atoms with Crippen molar-refractivity contribution in [2.45, 2.75) is 147 Å². The Morgan fingerprint density at radius 2 is 1.53 bits per heavy atom. The van der Waals surface area contributed by atoms with Crippen LogP contribution in [0.1, 0.15) is 109 Å². The normalized spacial score (nSPS) is 26.1. The molecule has 1 unspecified atom stereocenters. The van der Waals surface area contributed by atoms with Crippen LogP contribution in [0.3, 0.4) is 0 Å². The third-order valence-corrected chi connectivity index (χ3v) is 11.0. The maximum Gasteiger partial charge on any atom is 0.416 e. The molecule has 0 aromatic heterocycles. The number of nitrogens with one attached hydrogen (secondary N) is 4. The van der Waals surface area contributed by atoms with Crippen molar-refractivity contribution in [3.05, 3.63) is 35.4 Å². The van der Waals surface area contributed by atoms with Gasteiger partial charge in [-0.3, -0.25) is 28.8 Å². The Kier molecular flexibility index (Phi) is 18.9. The number of aliphatic hydroxyl groups is 1. The largest absolute Gasteiger partial charge is 0.460 e. The number of carbonyl (C=O) groups excluding carboxylic acids is 6. The smallest absolute Gasteiger partial charge is 0.416 e.